The Morgan fingerprint density at radius 1 is 1.25 bits per heavy atom. The second kappa shape index (κ2) is 11.5. The van der Waals surface area contributed by atoms with Crippen molar-refractivity contribution in [1.29, 1.82) is 0 Å². The third-order valence-corrected chi connectivity index (χ3v) is 5.01. The molecule has 0 radical (unpaired) electrons. The number of benzene rings is 1. The van der Waals surface area contributed by atoms with Gasteiger partial charge in [-0.1, -0.05) is 19.1 Å². The zero-order valence-corrected chi connectivity index (χ0v) is 18.3. The van der Waals surface area contributed by atoms with Crippen LogP contribution < -0.4 is 11.1 Å². The highest BCUT2D eigenvalue weighted by Crippen LogP contribution is 2.28. The van der Waals surface area contributed by atoms with E-state index in [9.17, 15) is 22.8 Å². The van der Waals surface area contributed by atoms with Crippen LogP contribution in [0.5, 0.6) is 0 Å². The molecule has 1 aromatic carbocycles. The number of aromatic nitrogens is 1. The Morgan fingerprint density at radius 2 is 1.91 bits per heavy atom. The van der Waals surface area contributed by atoms with E-state index in [4.69, 9.17) is 17.3 Å². The topological polar surface area (TPSA) is 85.1 Å². The first-order chi connectivity index (χ1) is 15.1. The predicted octanol–water partition coefficient (Wildman–Crippen LogP) is 4.39. The van der Waals surface area contributed by atoms with Crippen molar-refractivity contribution in [3.05, 3.63) is 88.5 Å². The molecule has 0 aliphatic heterocycles. The van der Waals surface area contributed by atoms with E-state index in [1.165, 1.54) is 31.3 Å². The van der Waals surface area contributed by atoms with Gasteiger partial charge >= 0.3 is 0 Å². The molecule has 0 spiro atoms. The van der Waals surface area contributed by atoms with Crippen molar-refractivity contribution in [1.82, 2.24) is 10.3 Å². The van der Waals surface area contributed by atoms with Gasteiger partial charge in [0.25, 0.3) is 0 Å². The highest BCUT2D eigenvalue weighted by Gasteiger charge is 2.22. The summed E-state index contributed by atoms with van der Waals surface area (Å²) in [5, 5.41) is 2.72. The number of halogens is 4. The van der Waals surface area contributed by atoms with E-state index in [-0.39, 0.29) is 23.8 Å². The highest BCUT2D eigenvalue weighted by atomic mass is 35.5. The molecule has 32 heavy (non-hydrogen) atoms. The Labute approximate surface area is 189 Å². The standard InChI is InChI=1S/C23H23ClF3N3O2/c1-13(5-6-19(27)14(2)23(28)32)18-4-3-7-29-22(18)20(30-21(31)12-24)10-15-8-16(25)11-17(26)9-15/h3-9,11,13,20H,10,12H2,1-2H3,(H2,28,32)(H,30,31). The summed E-state index contributed by atoms with van der Waals surface area (Å²) in [7, 11) is 0. The molecule has 5 nitrogen and oxygen atoms in total. The van der Waals surface area contributed by atoms with Gasteiger partial charge in [-0.15, -0.1) is 11.6 Å². The van der Waals surface area contributed by atoms with Gasteiger partial charge in [0.2, 0.25) is 11.8 Å². The Kier molecular flexibility index (Phi) is 9.02. The fraction of sp³-hybridized carbons (Fsp3) is 0.261. The van der Waals surface area contributed by atoms with Crippen LogP contribution in [0.4, 0.5) is 13.2 Å². The van der Waals surface area contributed by atoms with Crippen molar-refractivity contribution < 1.29 is 22.8 Å². The summed E-state index contributed by atoms with van der Waals surface area (Å²) in [5.41, 5.74) is 6.27. The number of hydrogen-bond acceptors (Lipinski definition) is 3. The van der Waals surface area contributed by atoms with Crippen molar-refractivity contribution in [2.45, 2.75) is 32.2 Å². The molecule has 0 saturated carbocycles. The molecule has 2 rings (SSSR count). The van der Waals surface area contributed by atoms with E-state index in [2.05, 4.69) is 10.3 Å². The molecule has 0 bridgehead atoms. The van der Waals surface area contributed by atoms with Crippen molar-refractivity contribution in [2.75, 3.05) is 5.88 Å². The first kappa shape index (κ1) is 25.1. The minimum atomic E-state index is -0.868. The minimum absolute atomic E-state index is 0.0484. The number of alkyl halides is 1. The maximum atomic E-state index is 14.1. The van der Waals surface area contributed by atoms with Crippen molar-refractivity contribution >= 4 is 23.4 Å². The lowest BCUT2D eigenvalue weighted by Crippen LogP contribution is -2.32. The SMILES string of the molecule is CC(C(N)=O)=C(F)C=CC(C)c1cccnc1C(Cc1cc(F)cc(F)c1)NC(=O)CCl. The average Bonchev–Trinajstić information content (AvgIpc) is 2.75. The summed E-state index contributed by atoms with van der Waals surface area (Å²) >= 11 is 5.63. The van der Waals surface area contributed by atoms with Crippen LogP contribution in [0, 0.1) is 11.6 Å². The number of allylic oxidation sites excluding steroid dienone is 3. The van der Waals surface area contributed by atoms with Crippen molar-refractivity contribution in [3.63, 3.8) is 0 Å². The molecular weight excluding hydrogens is 443 g/mol. The zero-order chi connectivity index (χ0) is 23.8. The van der Waals surface area contributed by atoms with Crippen molar-refractivity contribution in [3.8, 4) is 0 Å². The maximum absolute atomic E-state index is 14.1. The first-order valence-electron chi connectivity index (χ1n) is 9.71. The first-order valence-corrected chi connectivity index (χ1v) is 10.2. The Morgan fingerprint density at radius 3 is 2.50 bits per heavy atom. The van der Waals surface area contributed by atoms with Crippen LogP contribution in [0.3, 0.4) is 0 Å². The molecule has 3 N–H and O–H groups in total. The molecule has 0 fully saturated rings. The van der Waals surface area contributed by atoms with Gasteiger partial charge in [0.1, 0.15) is 23.3 Å². The van der Waals surface area contributed by atoms with Crippen LogP contribution in [-0.2, 0) is 16.0 Å². The number of carbonyl (C=O) groups excluding carboxylic acids is 2. The molecule has 0 saturated heterocycles. The summed E-state index contributed by atoms with van der Waals surface area (Å²) in [6.45, 7) is 3.05. The van der Waals surface area contributed by atoms with Crippen LogP contribution in [0.25, 0.3) is 0 Å². The van der Waals surface area contributed by atoms with E-state index >= 15 is 0 Å². The summed E-state index contributed by atoms with van der Waals surface area (Å²) < 4.78 is 41.4. The molecule has 1 heterocycles. The Bertz CT molecular complexity index is 1040. The van der Waals surface area contributed by atoms with Gasteiger partial charge in [-0.25, -0.2) is 13.2 Å². The maximum Gasteiger partial charge on any atom is 0.247 e. The van der Waals surface area contributed by atoms with Gasteiger partial charge < -0.3 is 11.1 Å². The quantitative estimate of drug-likeness (QED) is 0.327. The number of nitrogens with zero attached hydrogens (tertiary/aromatic N) is 1. The third kappa shape index (κ3) is 6.95. The lowest BCUT2D eigenvalue weighted by molar-refractivity contribution is -0.119. The molecule has 2 amide bonds. The third-order valence-electron chi connectivity index (χ3n) is 4.77. The van der Waals surface area contributed by atoms with Crippen LogP contribution in [0.2, 0.25) is 0 Å². The molecule has 0 aliphatic carbocycles. The molecule has 0 aliphatic rings. The molecule has 2 aromatic rings. The summed E-state index contributed by atoms with van der Waals surface area (Å²) in [6.07, 6.45) is 4.21. The fourth-order valence-electron chi connectivity index (χ4n) is 3.09. The monoisotopic (exact) mass is 465 g/mol. The van der Waals surface area contributed by atoms with Crippen LogP contribution in [0.1, 0.15) is 42.6 Å². The number of nitrogens with one attached hydrogen (secondary N) is 1. The molecule has 9 heteroatoms. The minimum Gasteiger partial charge on any atom is -0.366 e. The Hall–Kier alpha value is -3.13. The van der Waals surface area contributed by atoms with Gasteiger partial charge in [0.15, 0.2) is 0 Å². The summed E-state index contributed by atoms with van der Waals surface area (Å²) in [4.78, 5) is 27.5. The van der Waals surface area contributed by atoms with E-state index in [1.54, 1.807) is 19.1 Å². The lowest BCUT2D eigenvalue weighted by Gasteiger charge is -2.22. The number of pyridine rings is 1. The van der Waals surface area contributed by atoms with Gasteiger partial charge in [0, 0.05) is 23.8 Å². The molecule has 1 aromatic heterocycles. The van der Waals surface area contributed by atoms with Gasteiger partial charge in [-0.3, -0.25) is 14.6 Å². The van der Waals surface area contributed by atoms with Gasteiger partial charge in [0.05, 0.1) is 11.7 Å². The normalized spacial score (nSPS) is 14.1. The van der Waals surface area contributed by atoms with Crippen LogP contribution >= 0.6 is 11.6 Å². The second-order valence-electron chi connectivity index (χ2n) is 7.20. The molecule has 2 atom stereocenters. The number of amides is 2. The second-order valence-corrected chi connectivity index (χ2v) is 7.47. The van der Waals surface area contributed by atoms with Gasteiger partial charge in [-0.2, -0.15) is 0 Å². The van der Waals surface area contributed by atoms with E-state index in [1.807, 2.05) is 0 Å². The van der Waals surface area contributed by atoms with Crippen LogP contribution in [-0.4, -0.2) is 22.7 Å². The molecular formula is C23H23ClF3N3O2. The lowest BCUT2D eigenvalue weighted by atomic mass is 9.92. The number of nitrogens with two attached hydrogens (primary N) is 1. The van der Waals surface area contributed by atoms with Crippen LogP contribution in [0.15, 0.2) is 60.1 Å². The molecule has 170 valence electrons. The number of primary amides is 1. The zero-order valence-electron chi connectivity index (χ0n) is 17.5. The average molecular weight is 466 g/mol. The van der Waals surface area contributed by atoms with Crippen molar-refractivity contribution in [2.24, 2.45) is 5.73 Å². The van der Waals surface area contributed by atoms with E-state index < -0.39 is 35.3 Å². The van der Waals surface area contributed by atoms with E-state index in [0.29, 0.717) is 16.8 Å². The highest BCUT2D eigenvalue weighted by molar-refractivity contribution is 6.27. The number of hydrogen-bond donors (Lipinski definition) is 2. The number of rotatable bonds is 9. The number of carbonyl (C=O) groups is 2. The largest absolute Gasteiger partial charge is 0.366 e. The summed E-state index contributed by atoms with van der Waals surface area (Å²) in [6, 6.07) is 5.76. The van der Waals surface area contributed by atoms with Gasteiger partial charge in [-0.05, 0) is 48.7 Å². The molecule has 2 unspecified atom stereocenters. The smallest absolute Gasteiger partial charge is 0.247 e. The Balaban J connectivity index is 2.43. The fourth-order valence-corrected chi connectivity index (χ4v) is 3.17. The summed E-state index contributed by atoms with van der Waals surface area (Å²) in [5.74, 6) is -4.30. The predicted molar refractivity (Wildman–Crippen MR) is 116 cm³/mol. The van der Waals surface area contributed by atoms with E-state index in [0.717, 1.165) is 12.1 Å².